The van der Waals surface area contributed by atoms with Gasteiger partial charge in [-0.25, -0.2) is 0 Å². The second-order valence-corrected chi connectivity index (χ2v) is 6.14. The number of oxime groups is 1. The van der Waals surface area contributed by atoms with E-state index in [2.05, 4.69) is 18.1 Å². The summed E-state index contributed by atoms with van der Waals surface area (Å²) in [5, 5.41) is 3.95. The van der Waals surface area contributed by atoms with Crippen molar-refractivity contribution in [1.82, 2.24) is 0 Å². The highest BCUT2D eigenvalue weighted by Crippen LogP contribution is 2.30. The Labute approximate surface area is 142 Å². The van der Waals surface area contributed by atoms with E-state index in [1.165, 1.54) is 5.56 Å². The van der Waals surface area contributed by atoms with E-state index in [-0.39, 0.29) is 18.6 Å². The molecular formula is C20H22N2O2. The van der Waals surface area contributed by atoms with Gasteiger partial charge in [-0.15, -0.1) is 0 Å². The number of carbonyl (C=O) groups excluding carboxylic acids is 1. The highest BCUT2D eigenvalue weighted by Gasteiger charge is 2.28. The van der Waals surface area contributed by atoms with Gasteiger partial charge in [0.05, 0.1) is 6.21 Å². The fourth-order valence-corrected chi connectivity index (χ4v) is 3.06. The molecule has 3 rings (SSSR count). The van der Waals surface area contributed by atoms with E-state index in [9.17, 15) is 4.79 Å². The average molecular weight is 322 g/mol. The molecule has 4 heteroatoms. The third-order valence-electron chi connectivity index (χ3n) is 4.43. The van der Waals surface area contributed by atoms with Crippen molar-refractivity contribution in [2.45, 2.75) is 32.7 Å². The summed E-state index contributed by atoms with van der Waals surface area (Å²) in [5.41, 5.74) is 4.32. The van der Waals surface area contributed by atoms with Gasteiger partial charge >= 0.3 is 0 Å². The Morgan fingerprint density at radius 3 is 2.83 bits per heavy atom. The lowest BCUT2D eigenvalue weighted by Crippen LogP contribution is -2.43. The van der Waals surface area contributed by atoms with Crippen molar-refractivity contribution in [2.75, 3.05) is 11.5 Å². The molecule has 0 fully saturated rings. The summed E-state index contributed by atoms with van der Waals surface area (Å²) < 4.78 is 0. The van der Waals surface area contributed by atoms with Crippen molar-refractivity contribution >= 4 is 17.8 Å². The predicted molar refractivity (Wildman–Crippen MR) is 96.4 cm³/mol. The number of rotatable bonds is 4. The monoisotopic (exact) mass is 322 g/mol. The van der Waals surface area contributed by atoms with E-state index in [1.807, 2.05) is 54.3 Å². The molecule has 24 heavy (non-hydrogen) atoms. The van der Waals surface area contributed by atoms with Crippen LogP contribution in [0.5, 0.6) is 0 Å². The number of fused-ring (bicyclic) bond motifs is 1. The first-order chi connectivity index (χ1) is 11.7. The summed E-state index contributed by atoms with van der Waals surface area (Å²) >= 11 is 0. The number of anilines is 1. The minimum Gasteiger partial charge on any atom is -0.386 e. The maximum atomic E-state index is 12.6. The average Bonchev–Trinajstić information content (AvgIpc) is 2.60. The second-order valence-electron chi connectivity index (χ2n) is 6.14. The third kappa shape index (κ3) is 3.48. The molecule has 0 spiro atoms. The van der Waals surface area contributed by atoms with Gasteiger partial charge in [0.25, 0.3) is 5.91 Å². The van der Waals surface area contributed by atoms with Crippen LogP contribution < -0.4 is 4.90 Å². The summed E-state index contributed by atoms with van der Waals surface area (Å²) in [6.07, 6.45) is 3.62. The van der Waals surface area contributed by atoms with Crippen molar-refractivity contribution in [2.24, 2.45) is 5.16 Å². The van der Waals surface area contributed by atoms with Crippen molar-refractivity contribution < 1.29 is 9.63 Å². The number of aryl methyl sites for hydroxylation is 2. The molecule has 2 aromatic carbocycles. The molecule has 1 aliphatic heterocycles. The molecule has 1 aliphatic rings. The molecule has 1 unspecified atom stereocenters. The lowest BCUT2D eigenvalue weighted by Gasteiger charge is -2.34. The summed E-state index contributed by atoms with van der Waals surface area (Å²) in [4.78, 5) is 19.7. The topological polar surface area (TPSA) is 41.9 Å². The molecule has 1 atom stereocenters. The Kier molecular flexibility index (Phi) is 4.94. The predicted octanol–water partition coefficient (Wildman–Crippen LogP) is 3.71. The van der Waals surface area contributed by atoms with Gasteiger partial charge in [-0.3, -0.25) is 4.79 Å². The maximum absolute atomic E-state index is 12.6. The van der Waals surface area contributed by atoms with Crippen molar-refractivity contribution in [3.63, 3.8) is 0 Å². The van der Waals surface area contributed by atoms with Crippen molar-refractivity contribution in [3.05, 3.63) is 65.2 Å². The van der Waals surface area contributed by atoms with Gasteiger partial charge in [-0.2, -0.15) is 0 Å². The summed E-state index contributed by atoms with van der Waals surface area (Å²) in [6.45, 7) is 4.03. The van der Waals surface area contributed by atoms with Gasteiger partial charge < -0.3 is 9.74 Å². The molecule has 1 amide bonds. The van der Waals surface area contributed by atoms with Crippen molar-refractivity contribution in [3.8, 4) is 0 Å². The number of hydrogen-bond acceptors (Lipinski definition) is 3. The van der Waals surface area contributed by atoms with E-state index in [0.29, 0.717) is 0 Å². The van der Waals surface area contributed by atoms with Gasteiger partial charge in [0, 0.05) is 11.7 Å². The molecule has 2 aromatic rings. The van der Waals surface area contributed by atoms with Gasteiger partial charge in [0.15, 0.2) is 6.61 Å². The molecule has 0 saturated carbocycles. The molecule has 124 valence electrons. The summed E-state index contributed by atoms with van der Waals surface area (Å²) in [6, 6.07) is 16.1. The van der Waals surface area contributed by atoms with Gasteiger partial charge in [0.2, 0.25) is 0 Å². The molecule has 0 aliphatic carbocycles. The van der Waals surface area contributed by atoms with Crippen LogP contribution in [0.3, 0.4) is 0 Å². The third-order valence-corrected chi connectivity index (χ3v) is 4.43. The quantitative estimate of drug-likeness (QED) is 0.636. The maximum Gasteiger partial charge on any atom is 0.268 e. The first-order valence-corrected chi connectivity index (χ1v) is 8.28. The van der Waals surface area contributed by atoms with E-state index in [4.69, 9.17) is 4.84 Å². The van der Waals surface area contributed by atoms with Crippen LogP contribution in [0.2, 0.25) is 0 Å². The van der Waals surface area contributed by atoms with Gasteiger partial charge in [0.1, 0.15) is 0 Å². The molecule has 4 nitrogen and oxygen atoms in total. The van der Waals surface area contributed by atoms with Crippen LogP contribution in [-0.2, 0) is 16.1 Å². The Morgan fingerprint density at radius 2 is 2.00 bits per heavy atom. The molecule has 0 radical (unpaired) electrons. The van der Waals surface area contributed by atoms with Crippen LogP contribution in [0, 0.1) is 6.92 Å². The van der Waals surface area contributed by atoms with Crippen molar-refractivity contribution in [1.29, 1.82) is 0 Å². The largest absolute Gasteiger partial charge is 0.386 e. The number of hydrogen-bond donors (Lipinski definition) is 0. The first-order valence-electron chi connectivity index (χ1n) is 8.28. The second kappa shape index (κ2) is 7.30. The zero-order chi connectivity index (χ0) is 16.9. The lowest BCUT2D eigenvalue weighted by atomic mass is 9.96. The summed E-state index contributed by atoms with van der Waals surface area (Å²) in [7, 11) is 0. The normalized spacial score (nSPS) is 16.9. The van der Waals surface area contributed by atoms with E-state index < -0.39 is 0 Å². The van der Waals surface area contributed by atoms with E-state index in [1.54, 1.807) is 6.21 Å². The number of amides is 1. The highest BCUT2D eigenvalue weighted by molar-refractivity contribution is 5.96. The first kappa shape index (κ1) is 16.2. The zero-order valence-electron chi connectivity index (χ0n) is 14.1. The fourth-order valence-electron chi connectivity index (χ4n) is 3.06. The smallest absolute Gasteiger partial charge is 0.268 e. The molecular weight excluding hydrogens is 300 g/mol. The molecule has 0 N–H and O–H groups in total. The number of benzene rings is 2. The van der Waals surface area contributed by atoms with Gasteiger partial charge in [-0.05, 0) is 49.4 Å². The molecule has 0 bridgehead atoms. The van der Waals surface area contributed by atoms with Crippen LogP contribution >= 0.6 is 0 Å². The van der Waals surface area contributed by atoms with E-state index >= 15 is 0 Å². The van der Waals surface area contributed by atoms with Crippen LogP contribution in [0.15, 0.2) is 53.7 Å². The summed E-state index contributed by atoms with van der Waals surface area (Å²) in [5.74, 6) is -0.0587. The minimum absolute atomic E-state index is 0.0545. The molecule has 1 heterocycles. The SMILES string of the molecule is Cc1ccccc1/C=N/OCC(=O)N1c2ccccc2CCC1C. The zero-order valence-corrected chi connectivity index (χ0v) is 14.1. The number of para-hydroxylation sites is 1. The van der Waals surface area contributed by atoms with Gasteiger partial charge in [-0.1, -0.05) is 47.6 Å². The Balaban J connectivity index is 1.64. The number of carbonyl (C=O) groups is 1. The standard InChI is InChI=1S/C20H22N2O2/c1-15-7-3-4-9-18(15)13-21-24-14-20(23)22-16(2)11-12-17-8-5-6-10-19(17)22/h3-10,13,16H,11-12,14H2,1-2H3/b21-13+. The van der Waals surface area contributed by atoms with Crippen LogP contribution in [0.25, 0.3) is 0 Å². The molecule has 0 aromatic heterocycles. The Hall–Kier alpha value is -2.62. The Morgan fingerprint density at radius 1 is 1.25 bits per heavy atom. The molecule has 0 saturated heterocycles. The fraction of sp³-hybridized carbons (Fsp3) is 0.300. The minimum atomic E-state index is -0.0587. The Bertz CT molecular complexity index is 755. The lowest BCUT2D eigenvalue weighted by molar-refractivity contribution is -0.123. The van der Waals surface area contributed by atoms with Crippen LogP contribution in [0.4, 0.5) is 5.69 Å². The van der Waals surface area contributed by atoms with E-state index in [0.717, 1.165) is 29.7 Å². The van der Waals surface area contributed by atoms with Crippen LogP contribution in [0.1, 0.15) is 30.0 Å². The number of nitrogens with zero attached hydrogens (tertiary/aromatic N) is 2. The highest BCUT2D eigenvalue weighted by atomic mass is 16.6. The van der Waals surface area contributed by atoms with Crippen LogP contribution in [-0.4, -0.2) is 24.8 Å².